The van der Waals surface area contributed by atoms with Crippen LogP contribution in [0.2, 0.25) is 0 Å². The number of nitrogens with two attached hydrogens (primary N) is 1. The Bertz CT molecular complexity index is 768. The fourth-order valence-electron chi connectivity index (χ4n) is 1.90. The van der Waals surface area contributed by atoms with Gasteiger partial charge in [-0.15, -0.1) is 11.3 Å². The van der Waals surface area contributed by atoms with Gasteiger partial charge in [0.25, 0.3) is 0 Å². The van der Waals surface area contributed by atoms with Gasteiger partial charge in [-0.1, -0.05) is 18.2 Å². The molecule has 0 bridgehead atoms. The lowest BCUT2D eigenvalue weighted by atomic mass is 10.1. The number of benzene rings is 2. The summed E-state index contributed by atoms with van der Waals surface area (Å²) in [5, 5.41) is 2.42. The van der Waals surface area contributed by atoms with Gasteiger partial charge in [-0.25, -0.2) is 13.8 Å². The summed E-state index contributed by atoms with van der Waals surface area (Å²) >= 11 is 1.36. The Morgan fingerprint density at radius 1 is 1.05 bits per heavy atom. The van der Waals surface area contributed by atoms with Gasteiger partial charge >= 0.3 is 0 Å². The molecule has 0 atom stereocenters. The van der Waals surface area contributed by atoms with Crippen LogP contribution in [0.1, 0.15) is 0 Å². The van der Waals surface area contributed by atoms with Crippen LogP contribution >= 0.6 is 11.3 Å². The number of hydrogen-bond acceptors (Lipinski definition) is 3. The molecule has 1 heterocycles. The van der Waals surface area contributed by atoms with E-state index < -0.39 is 11.6 Å². The van der Waals surface area contributed by atoms with Crippen LogP contribution in [0.5, 0.6) is 0 Å². The minimum atomic E-state index is -0.878. The van der Waals surface area contributed by atoms with E-state index in [1.54, 1.807) is 17.5 Å². The molecule has 0 aliphatic heterocycles. The van der Waals surface area contributed by atoms with Crippen LogP contribution in [0.25, 0.3) is 21.8 Å². The highest BCUT2D eigenvalue weighted by molar-refractivity contribution is 7.13. The maximum Gasteiger partial charge on any atom is 0.168 e. The van der Waals surface area contributed by atoms with Crippen LogP contribution in [0.4, 0.5) is 14.5 Å². The number of anilines is 1. The van der Waals surface area contributed by atoms with E-state index in [4.69, 9.17) is 5.73 Å². The molecule has 0 saturated heterocycles. The summed E-state index contributed by atoms with van der Waals surface area (Å²) in [6.07, 6.45) is 0. The average Bonchev–Trinajstić information content (AvgIpc) is 2.91. The lowest BCUT2D eigenvalue weighted by Crippen LogP contribution is -1.89. The number of hydrogen-bond donors (Lipinski definition) is 1. The van der Waals surface area contributed by atoms with Crippen LogP contribution in [-0.4, -0.2) is 4.98 Å². The summed E-state index contributed by atoms with van der Waals surface area (Å²) in [6, 6.07) is 11.3. The maximum atomic E-state index is 13.7. The first-order valence-electron chi connectivity index (χ1n) is 5.91. The normalized spacial score (nSPS) is 10.7. The van der Waals surface area contributed by atoms with Crippen LogP contribution in [0, 0.1) is 11.6 Å². The molecule has 0 fully saturated rings. The van der Waals surface area contributed by atoms with Crippen molar-refractivity contribution in [3.8, 4) is 21.8 Å². The Morgan fingerprint density at radius 3 is 2.65 bits per heavy atom. The number of rotatable bonds is 2. The highest BCUT2D eigenvalue weighted by atomic mass is 32.1. The quantitative estimate of drug-likeness (QED) is 0.712. The second kappa shape index (κ2) is 5.02. The lowest BCUT2D eigenvalue weighted by Gasteiger charge is -2.00. The molecule has 1 aromatic heterocycles. The molecule has 2 aromatic carbocycles. The first kappa shape index (κ1) is 12.7. The highest BCUT2D eigenvalue weighted by Crippen LogP contribution is 2.31. The largest absolute Gasteiger partial charge is 0.399 e. The summed E-state index contributed by atoms with van der Waals surface area (Å²) < 4.78 is 27.0. The molecule has 0 aliphatic rings. The SMILES string of the molecule is Nc1cccc(-c2nc(-c3cccc(F)c3F)cs2)c1. The van der Waals surface area contributed by atoms with Crippen molar-refractivity contribution in [2.24, 2.45) is 0 Å². The minimum Gasteiger partial charge on any atom is -0.399 e. The zero-order chi connectivity index (χ0) is 14.1. The van der Waals surface area contributed by atoms with Gasteiger partial charge < -0.3 is 5.73 Å². The van der Waals surface area contributed by atoms with Gasteiger partial charge in [0.15, 0.2) is 11.6 Å². The minimum absolute atomic E-state index is 0.163. The van der Waals surface area contributed by atoms with E-state index >= 15 is 0 Å². The zero-order valence-corrected chi connectivity index (χ0v) is 11.1. The number of aromatic nitrogens is 1. The van der Waals surface area contributed by atoms with E-state index in [9.17, 15) is 8.78 Å². The van der Waals surface area contributed by atoms with Crippen molar-refractivity contribution in [3.63, 3.8) is 0 Å². The predicted octanol–water partition coefficient (Wildman–Crippen LogP) is 4.34. The second-order valence-corrected chi connectivity index (χ2v) is 5.12. The van der Waals surface area contributed by atoms with Gasteiger partial charge in [-0.05, 0) is 24.3 Å². The standard InChI is InChI=1S/C15H10F2N2S/c16-12-6-2-5-11(14(12)17)13-8-20-15(19-13)9-3-1-4-10(18)7-9/h1-8H,18H2. The van der Waals surface area contributed by atoms with Crippen LogP contribution in [0.3, 0.4) is 0 Å². The summed E-state index contributed by atoms with van der Waals surface area (Å²) in [7, 11) is 0. The Kier molecular flexibility index (Phi) is 3.20. The lowest BCUT2D eigenvalue weighted by molar-refractivity contribution is 0.511. The average molecular weight is 288 g/mol. The molecule has 3 rings (SSSR count). The van der Waals surface area contributed by atoms with Gasteiger partial charge in [0.05, 0.1) is 5.69 Å². The van der Waals surface area contributed by atoms with Gasteiger partial charge in [0, 0.05) is 22.2 Å². The first-order chi connectivity index (χ1) is 9.65. The van der Waals surface area contributed by atoms with Crippen molar-refractivity contribution in [2.45, 2.75) is 0 Å². The number of halogens is 2. The van der Waals surface area contributed by atoms with Crippen molar-refractivity contribution < 1.29 is 8.78 Å². The molecule has 0 unspecified atom stereocenters. The van der Waals surface area contributed by atoms with E-state index in [2.05, 4.69) is 4.98 Å². The molecular formula is C15H10F2N2S. The Morgan fingerprint density at radius 2 is 1.85 bits per heavy atom. The van der Waals surface area contributed by atoms with Gasteiger partial charge in [0.1, 0.15) is 5.01 Å². The molecule has 0 amide bonds. The fraction of sp³-hybridized carbons (Fsp3) is 0. The molecule has 2 N–H and O–H groups in total. The monoisotopic (exact) mass is 288 g/mol. The molecule has 100 valence electrons. The summed E-state index contributed by atoms with van der Waals surface area (Å²) in [4.78, 5) is 4.35. The third-order valence-corrected chi connectivity index (χ3v) is 3.76. The van der Waals surface area contributed by atoms with Crippen LogP contribution < -0.4 is 5.73 Å². The van der Waals surface area contributed by atoms with Gasteiger partial charge in [-0.3, -0.25) is 0 Å². The molecule has 2 nitrogen and oxygen atoms in total. The number of thiazole rings is 1. The maximum absolute atomic E-state index is 13.7. The fourth-order valence-corrected chi connectivity index (χ4v) is 2.72. The molecule has 3 aromatic rings. The smallest absolute Gasteiger partial charge is 0.168 e. The topological polar surface area (TPSA) is 38.9 Å². The third kappa shape index (κ3) is 2.28. The molecule has 0 saturated carbocycles. The predicted molar refractivity (Wildman–Crippen MR) is 77.3 cm³/mol. The summed E-state index contributed by atoms with van der Waals surface area (Å²) in [5.41, 5.74) is 7.80. The molecule has 0 radical (unpaired) electrons. The van der Waals surface area contributed by atoms with E-state index in [1.165, 1.54) is 23.5 Å². The highest BCUT2D eigenvalue weighted by Gasteiger charge is 2.13. The van der Waals surface area contributed by atoms with E-state index in [1.807, 2.05) is 12.1 Å². The zero-order valence-electron chi connectivity index (χ0n) is 10.3. The Hall–Kier alpha value is -2.27. The van der Waals surface area contributed by atoms with E-state index in [0.717, 1.165) is 16.6 Å². The van der Waals surface area contributed by atoms with Crippen molar-refractivity contribution in [2.75, 3.05) is 5.73 Å². The van der Waals surface area contributed by atoms with Crippen molar-refractivity contribution in [1.29, 1.82) is 0 Å². The van der Waals surface area contributed by atoms with E-state index in [-0.39, 0.29) is 5.56 Å². The Balaban J connectivity index is 2.04. The first-order valence-corrected chi connectivity index (χ1v) is 6.79. The van der Waals surface area contributed by atoms with Crippen molar-refractivity contribution in [3.05, 3.63) is 59.5 Å². The molecule has 5 heteroatoms. The van der Waals surface area contributed by atoms with Crippen LogP contribution in [-0.2, 0) is 0 Å². The molecule has 0 spiro atoms. The summed E-state index contributed by atoms with van der Waals surface area (Å²) in [6.45, 7) is 0. The van der Waals surface area contributed by atoms with Crippen molar-refractivity contribution >= 4 is 17.0 Å². The number of nitrogen functional groups attached to an aromatic ring is 1. The van der Waals surface area contributed by atoms with Crippen LogP contribution in [0.15, 0.2) is 47.8 Å². The van der Waals surface area contributed by atoms with Gasteiger partial charge in [-0.2, -0.15) is 0 Å². The van der Waals surface area contributed by atoms with E-state index in [0.29, 0.717) is 11.4 Å². The molecule has 0 aliphatic carbocycles. The molecule has 20 heavy (non-hydrogen) atoms. The number of nitrogens with zero attached hydrogens (tertiary/aromatic N) is 1. The summed E-state index contributed by atoms with van der Waals surface area (Å²) in [5.74, 6) is -1.75. The Labute approximate surface area is 118 Å². The van der Waals surface area contributed by atoms with Gasteiger partial charge in [0.2, 0.25) is 0 Å². The third-order valence-electron chi connectivity index (χ3n) is 2.87. The molecular weight excluding hydrogens is 278 g/mol. The second-order valence-electron chi connectivity index (χ2n) is 4.26. The van der Waals surface area contributed by atoms with Crippen molar-refractivity contribution in [1.82, 2.24) is 4.98 Å².